The Bertz CT molecular complexity index is 954. The predicted octanol–water partition coefficient (Wildman–Crippen LogP) is 1.92. The van der Waals surface area contributed by atoms with E-state index in [2.05, 4.69) is 29.2 Å². The first-order chi connectivity index (χ1) is 9.31. The molecule has 0 saturated carbocycles. The van der Waals surface area contributed by atoms with Crippen molar-refractivity contribution in [3.05, 3.63) is 53.0 Å². The van der Waals surface area contributed by atoms with Crippen LogP contribution < -0.4 is 10.4 Å². The molecule has 2 heteroatoms. The first-order valence-corrected chi connectivity index (χ1v) is 6.33. The van der Waals surface area contributed by atoms with E-state index in [0.29, 0.717) is 6.42 Å². The Morgan fingerprint density at radius 1 is 1.00 bits per heavy atom. The molecule has 0 saturated heterocycles. The molecule has 0 amide bonds. The average Bonchev–Trinajstić information content (AvgIpc) is 2.45. The molecule has 0 bridgehead atoms. The van der Waals surface area contributed by atoms with Gasteiger partial charge in [0, 0.05) is 18.0 Å². The lowest BCUT2D eigenvalue weighted by Crippen LogP contribution is -2.28. The third-order valence-corrected chi connectivity index (χ3v) is 3.64. The molecular formula is C17H11NO. The fourth-order valence-corrected chi connectivity index (χ4v) is 2.71. The molecule has 1 aromatic heterocycles. The number of nitrogens with zero attached hydrogens (tertiary/aromatic N) is 1. The number of aromatic nitrogens is 1. The maximum atomic E-state index is 11.5. The minimum Gasteiger partial charge on any atom is -0.294 e. The van der Waals surface area contributed by atoms with Crippen LogP contribution in [-0.2, 0) is 4.79 Å². The number of rotatable bonds is 0. The summed E-state index contributed by atoms with van der Waals surface area (Å²) in [5.41, 5.74) is 0.987. The van der Waals surface area contributed by atoms with Crippen LogP contribution in [0.15, 0.2) is 42.6 Å². The number of fused-ring (bicyclic) bond motifs is 4. The highest BCUT2D eigenvalue weighted by Crippen LogP contribution is 2.21. The van der Waals surface area contributed by atoms with E-state index in [4.69, 9.17) is 0 Å². The molecule has 90 valence electrons. The average molecular weight is 245 g/mol. The second kappa shape index (κ2) is 3.75. The van der Waals surface area contributed by atoms with E-state index in [-0.39, 0.29) is 5.78 Å². The molecule has 0 radical (unpaired) electrons. The molecule has 0 fully saturated rings. The van der Waals surface area contributed by atoms with E-state index in [9.17, 15) is 4.79 Å². The molecule has 0 spiro atoms. The van der Waals surface area contributed by atoms with Crippen molar-refractivity contribution in [3.63, 3.8) is 0 Å². The van der Waals surface area contributed by atoms with Gasteiger partial charge in [0.2, 0.25) is 0 Å². The molecule has 2 aromatic carbocycles. The summed E-state index contributed by atoms with van der Waals surface area (Å²) in [7, 11) is 0. The zero-order valence-corrected chi connectivity index (χ0v) is 10.3. The lowest BCUT2D eigenvalue weighted by Gasteiger charge is -2.05. The van der Waals surface area contributed by atoms with Gasteiger partial charge in [0.1, 0.15) is 0 Å². The summed E-state index contributed by atoms with van der Waals surface area (Å²) in [6.07, 6.45) is 6.05. The lowest BCUT2D eigenvalue weighted by atomic mass is 9.99. The van der Waals surface area contributed by atoms with Gasteiger partial charge in [-0.25, -0.2) is 0 Å². The fraction of sp³-hybridized carbons (Fsp3) is 0.0588. The summed E-state index contributed by atoms with van der Waals surface area (Å²) in [6.45, 7) is 0. The molecule has 0 unspecified atom stereocenters. The Kier molecular flexibility index (Phi) is 2.06. The van der Waals surface area contributed by atoms with Gasteiger partial charge in [-0.1, -0.05) is 18.2 Å². The van der Waals surface area contributed by atoms with Crippen LogP contribution in [0.1, 0.15) is 6.42 Å². The lowest BCUT2D eigenvalue weighted by molar-refractivity contribution is -0.112. The Labute approximate surface area is 109 Å². The number of carbonyl (C=O) groups excluding carboxylic acids is 1. The molecule has 1 heterocycles. The topological polar surface area (TPSA) is 30.0 Å². The SMILES string of the molecule is O=C1C=c2cc3c(ccc4ncccc43)cc2=CC1. The van der Waals surface area contributed by atoms with Crippen LogP contribution in [0, 0.1) is 0 Å². The zero-order valence-electron chi connectivity index (χ0n) is 10.3. The van der Waals surface area contributed by atoms with Crippen LogP contribution in [0.3, 0.4) is 0 Å². The van der Waals surface area contributed by atoms with Crippen LogP contribution >= 0.6 is 0 Å². The smallest absolute Gasteiger partial charge is 0.160 e. The van der Waals surface area contributed by atoms with Gasteiger partial charge < -0.3 is 0 Å². The largest absolute Gasteiger partial charge is 0.294 e. The van der Waals surface area contributed by atoms with E-state index in [0.717, 1.165) is 26.7 Å². The maximum Gasteiger partial charge on any atom is 0.160 e. The van der Waals surface area contributed by atoms with Crippen LogP contribution in [0.25, 0.3) is 33.8 Å². The highest BCUT2D eigenvalue weighted by Gasteiger charge is 2.05. The van der Waals surface area contributed by atoms with Gasteiger partial charge in [-0.2, -0.15) is 0 Å². The van der Waals surface area contributed by atoms with Crippen molar-refractivity contribution in [2.75, 3.05) is 0 Å². The molecule has 19 heavy (non-hydrogen) atoms. The fourth-order valence-electron chi connectivity index (χ4n) is 2.71. The molecule has 0 atom stereocenters. The Morgan fingerprint density at radius 2 is 1.95 bits per heavy atom. The summed E-state index contributed by atoms with van der Waals surface area (Å²) in [5.74, 6) is 0.171. The number of ketones is 1. The van der Waals surface area contributed by atoms with E-state index in [1.807, 2.05) is 18.2 Å². The molecule has 1 aliphatic carbocycles. The Balaban J connectivity index is 2.24. The van der Waals surface area contributed by atoms with Gasteiger partial charge in [0.25, 0.3) is 0 Å². The summed E-state index contributed by atoms with van der Waals surface area (Å²) < 4.78 is 0. The third-order valence-electron chi connectivity index (χ3n) is 3.64. The van der Waals surface area contributed by atoms with Gasteiger partial charge in [-0.15, -0.1) is 0 Å². The molecule has 3 aromatic rings. The minimum atomic E-state index is 0.171. The standard InChI is InChI=1S/C17H11NO/c19-14-5-3-11-8-12-4-6-17-15(2-1-7-18-17)16(12)10-13(11)9-14/h1-4,6-10H,5H2. The molecule has 2 nitrogen and oxygen atoms in total. The summed E-state index contributed by atoms with van der Waals surface area (Å²) in [4.78, 5) is 15.9. The van der Waals surface area contributed by atoms with Gasteiger partial charge in [0.15, 0.2) is 5.78 Å². The van der Waals surface area contributed by atoms with Crippen molar-refractivity contribution in [2.24, 2.45) is 0 Å². The number of hydrogen-bond donors (Lipinski definition) is 0. The van der Waals surface area contributed by atoms with Crippen molar-refractivity contribution in [2.45, 2.75) is 6.42 Å². The second-order valence-electron chi connectivity index (χ2n) is 4.86. The van der Waals surface area contributed by atoms with Crippen molar-refractivity contribution >= 4 is 39.6 Å². The molecule has 0 N–H and O–H groups in total. The van der Waals surface area contributed by atoms with Crippen LogP contribution in [0.2, 0.25) is 0 Å². The van der Waals surface area contributed by atoms with Crippen LogP contribution in [0.5, 0.6) is 0 Å². The normalized spacial score (nSPS) is 14.0. The second-order valence-corrected chi connectivity index (χ2v) is 4.86. The maximum absolute atomic E-state index is 11.5. The first-order valence-electron chi connectivity index (χ1n) is 6.33. The number of benzene rings is 2. The molecule has 1 aliphatic rings. The quantitative estimate of drug-likeness (QED) is 0.566. The van der Waals surface area contributed by atoms with Crippen LogP contribution in [-0.4, -0.2) is 10.8 Å². The Hall–Kier alpha value is -2.48. The van der Waals surface area contributed by atoms with E-state index >= 15 is 0 Å². The third kappa shape index (κ3) is 1.57. The van der Waals surface area contributed by atoms with Gasteiger partial charge in [-0.3, -0.25) is 9.78 Å². The van der Waals surface area contributed by atoms with Gasteiger partial charge >= 0.3 is 0 Å². The molecule has 4 rings (SSSR count). The van der Waals surface area contributed by atoms with E-state index in [1.165, 1.54) is 5.39 Å². The van der Waals surface area contributed by atoms with Gasteiger partial charge in [-0.05, 0) is 51.6 Å². The number of hydrogen-bond acceptors (Lipinski definition) is 2. The number of Topliss-reactive ketones (excluding diaryl/α,β-unsaturated/α-hetero) is 1. The van der Waals surface area contributed by atoms with Crippen LogP contribution in [0.4, 0.5) is 0 Å². The monoisotopic (exact) mass is 245 g/mol. The minimum absolute atomic E-state index is 0.171. The van der Waals surface area contributed by atoms with E-state index < -0.39 is 0 Å². The highest BCUT2D eigenvalue weighted by molar-refractivity contribution is 6.11. The van der Waals surface area contributed by atoms with E-state index in [1.54, 1.807) is 12.3 Å². The predicted molar refractivity (Wildman–Crippen MR) is 77.1 cm³/mol. The molecule has 0 aliphatic heterocycles. The number of pyridine rings is 1. The van der Waals surface area contributed by atoms with Crippen molar-refractivity contribution in [1.29, 1.82) is 0 Å². The highest BCUT2D eigenvalue weighted by atomic mass is 16.1. The summed E-state index contributed by atoms with van der Waals surface area (Å²) in [6, 6.07) is 12.4. The van der Waals surface area contributed by atoms with Crippen molar-refractivity contribution in [1.82, 2.24) is 4.98 Å². The molecular weight excluding hydrogens is 234 g/mol. The summed E-state index contributed by atoms with van der Waals surface area (Å²) >= 11 is 0. The zero-order chi connectivity index (χ0) is 12.8. The van der Waals surface area contributed by atoms with Crippen molar-refractivity contribution < 1.29 is 4.79 Å². The van der Waals surface area contributed by atoms with Crippen molar-refractivity contribution in [3.8, 4) is 0 Å². The number of carbonyl (C=O) groups is 1. The summed E-state index contributed by atoms with van der Waals surface area (Å²) in [5, 5.41) is 5.65. The first kappa shape index (κ1) is 10.4. The van der Waals surface area contributed by atoms with Gasteiger partial charge in [0.05, 0.1) is 5.52 Å². The Morgan fingerprint density at radius 3 is 2.89 bits per heavy atom.